The minimum absolute atomic E-state index is 0.0202. The molecule has 2 aromatic rings. The van der Waals surface area contributed by atoms with Gasteiger partial charge in [0.05, 0.1) is 12.2 Å². The molecule has 148 valence electrons. The first-order valence-corrected chi connectivity index (χ1v) is 8.77. The molecule has 9 nitrogen and oxygen atoms in total. The number of aromatic amines is 1. The Hall–Kier alpha value is -3.49. The van der Waals surface area contributed by atoms with Gasteiger partial charge in [0.2, 0.25) is 6.10 Å². The number of esters is 1. The first-order chi connectivity index (χ1) is 13.4. The van der Waals surface area contributed by atoms with Crippen LogP contribution in [-0.2, 0) is 9.53 Å². The lowest BCUT2D eigenvalue weighted by atomic mass is 10.1. The van der Waals surface area contributed by atoms with Gasteiger partial charge in [0, 0.05) is 5.69 Å². The van der Waals surface area contributed by atoms with Crippen LogP contribution in [0.3, 0.4) is 0 Å². The monoisotopic (exact) mass is 387 g/mol. The van der Waals surface area contributed by atoms with Crippen molar-refractivity contribution in [2.24, 2.45) is 0 Å². The number of aryl methyl sites for hydroxylation is 1. The van der Waals surface area contributed by atoms with Crippen LogP contribution in [-0.4, -0.2) is 42.1 Å². The van der Waals surface area contributed by atoms with Gasteiger partial charge in [0.25, 0.3) is 11.8 Å². The van der Waals surface area contributed by atoms with Gasteiger partial charge < -0.3 is 19.2 Å². The highest BCUT2D eigenvalue weighted by Gasteiger charge is 2.28. The number of rotatable bonds is 4. The molecule has 0 saturated heterocycles. The fourth-order valence-corrected chi connectivity index (χ4v) is 2.90. The van der Waals surface area contributed by atoms with Gasteiger partial charge in [-0.2, -0.15) is 0 Å². The Bertz CT molecular complexity index is 920. The summed E-state index contributed by atoms with van der Waals surface area (Å²) in [6.07, 6.45) is -0.906. The largest absolute Gasteiger partial charge is 0.485 e. The molecule has 3 rings (SSSR count). The smallest absolute Gasteiger partial charge is 0.340 e. The molecule has 2 heterocycles. The van der Waals surface area contributed by atoms with Crippen LogP contribution >= 0.6 is 0 Å². The van der Waals surface area contributed by atoms with Crippen LogP contribution in [0.15, 0.2) is 24.3 Å². The molecule has 1 unspecified atom stereocenters. The van der Waals surface area contributed by atoms with Gasteiger partial charge in [-0.05, 0) is 38.5 Å². The Balaban J connectivity index is 1.62. The third kappa shape index (κ3) is 3.78. The zero-order valence-electron chi connectivity index (χ0n) is 15.8. The van der Waals surface area contributed by atoms with Crippen LogP contribution in [0.2, 0.25) is 0 Å². The van der Waals surface area contributed by atoms with Crippen molar-refractivity contribution in [2.45, 2.75) is 26.9 Å². The van der Waals surface area contributed by atoms with E-state index in [4.69, 9.17) is 14.2 Å². The van der Waals surface area contributed by atoms with Crippen LogP contribution < -0.4 is 20.3 Å². The van der Waals surface area contributed by atoms with Crippen molar-refractivity contribution in [3.63, 3.8) is 0 Å². The molecule has 9 heteroatoms. The zero-order chi connectivity index (χ0) is 20.3. The number of ether oxygens (including phenoxy) is 3. The molecule has 0 fully saturated rings. The number of carbonyl (C=O) groups excluding carboxylic acids is 3. The highest BCUT2D eigenvalue weighted by atomic mass is 16.6. The normalized spacial score (nSPS) is 14.9. The Labute approximate surface area is 161 Å². The number of para-hydroxylation sites is 2. The molecule has 28 heavy (non-hydrogen) atoms. The summed E-state index contributed by atoms with van der Waals surface area (Å²) >= 11 is 0. The molecule has 0 saturated carbocycles. The van der Waals surface area contributed by atoms with Crippen molar-refractivity contribution in [2.75, 3.05) is 13.2 Å². The quantitative estimate of drug-likeness (QED) is 0.539. The van der Waals surface area contributed by atoms with Gasteiger partial charge >= 0.3 is 5.97 Å². The molecule has 0 spiro atoms. The number of carbonyl (C=O) groups is 3. The molecule has 1 aromatic carbocycles. The lowest BCUT2D eigenvalue weighted by Crippen LogP contribution is -2.51. The van der Waals surface area contributed by atoms with E-state index in [-0.39, 0.29) is 18.9 Å². The number of fused-ring (bicyclic) bond motifs is 1. The van der Waals surface area contributed by atoms with E-state index in [2.05, 4.69) is 15.8 Å². The van der Waals surface area contributed by atoms with Crippen molar-refractivity contribution in [3.05, 3.63) is 46.8 Å². The standard InChI is InChI=1S/C19H21N3O6/c1-4-26-19(25)15-10(2)16(20-11(15)3)18(24)22-21-17(23)14-9-27-12-7-5-6-8-13(12)28-14/h5-8,14,20H,4,9H2,1-3H3,(H,21,23)(H,22,24). The van der Waals surface area contributed by atoms with Gasteiger partial charge in [-0.25, -0.2) is 4.79 Å². The minimum atomic E-state index is -0.906. The van der Waals surface area contributed by atoms with E-state index in [9.17, 15) is 14.4 Å². The van der Waals surface area contributed by atoms with Crippen molar-refractivity contribution in [3.8, 4) is 11.5 Å². The van der Waals surface area contributed by atoms with Crippen LogP contribution in [0.5, 0.6) is 11.5 Å². The maximum Gasteiger partial charge on any atom is 0.340 e. The predicted molar refractivity (Wildman–Crippen MR) is 98.2 cm³/mol. The summed E-state index contributed by atoms with van der Waals surface area (Å²) in [5.74, 6) is -0.658. The van der Waals surface area contributed by atoms with E-state index >= 15 is 0 Å². The topological polar surface area (TPSA) is 119 Å². The third-order valence-corrected chi connectivity index (χ3v) is 4.24. The highest BCUT2D eigenvalue weighted by molar-refractivity contribution is 6.01. The lowest BCUT2D eigenvalue weighted by molar-refractivity contribution is -0.131. The highest BCUT2D eigenvalue weighted by Crippen LogP contribution is 2.30. The maximum atomic E-state index is 12.4. The second-order valence-electron chi connectivity index (χ2n) is 6.15. The Kier molecular flexibility index (Phi) is 5.53. The summed E-state index contributed by atoms with van der Waals surface area (Å²) < 4.78 is 16.1. The van der Waals surface area contributed by atoms with Crippen molar-refractivity contribution < 1.29 is 28.6 Å². The molecule has 2 amide bonds. The number of hydrazine groups is 1. The molecule has 1 aromatic heterocycles. The summed E-state index contributed by atoms with van der Waals surface area (Å²) in [7, 11) is 0. The van der Waals surface area contributed by atoms with Crippen LogP contribution in [0.1, 0.15) is 39.0 Å². The number of hydrogen-bond acceptors (Lipinski definition) is 6. The lowest BCUT2D eigenvalue weighted by Gasteiger charge is -2.25. The van der Waals surface area contributed by atoms with Crippen LogP contribution in [0.4, 0.5) is 0 Å². The summed E-state index contributed by atoms with van der Waals surface area (Å²) in [6.45, 7) is 5.24. The van der Waals surface area contributed by atoms with E-state index < -0.39 is 23.9 Å². The third-order valence-electron chi connectivity index (χ3n) is 4.24. The van der Waals surface area contributed by atoms with E-state index in [1.165, 1.54) is 0 Å². The fourth-order valence-electron chi connectivity index (χ4n) is 2.90. The Morgan fingerprint density at radius 2 is 1.89 bits per heavy atom. The molecule has 1 atom stereocenters. The second kappa shape index (κ2) is 8.03. The van der Waals surface area contributed by atoms with Crippen LogP contribution in [0, 0.1) is 13.8 Å². The first-order valence-electron chi connectivity index (χ1n) is 8.77. The molecule has 0 radical (unpaired) electrons. The van der Waals surface area contributed by atoms with Gasteiger partial charge in [-0.15, -0.1) is 0 Å². The summed E-state index contributed by atoms with van der Waals surface area (Å²) in [4.78, 5) is 39.6. The average molecular weight is 387 g/mol. The van der Waals surface area contributed by atoms with E-state index in [0.717, 1.165) is 0 Å². The minimum Gasteiger partial charge on any atom is -0.485 e. The van der Waals surface area contributed by atoms with E-state index in [0.29, 0.717) is 28.3 Å². The fraction of sp³-hybridized carbons (Fsp3) is 0.316. The van der Waals surface area contributed by atoms with Crippen molar-refractivity contribution >= 4 is 17.8 Å². The Morgan fingerprint density at radius 3 is 2.61 bits per heavy atom. The molecular formula is C19H21N3O6. The molecule has 1 aliphatic rings. The molecule has 0 bridgehead atoms. The van der Waals surface area contributed by atoms with Gasteiger partial charge in [0.15, 0.2) is 11.5 Å². The number of aromatic nitrogens is 1. The maximum absolute atomic E-state index is 12.4. The van der Waals surface area contributed by atoms with Gasteiger partial charge in [-0.3, -0.25) is 20.4 Å². The molecule has 3 N–H and O–H groups in total. The average Bonchev–Trinajstić information content (AvgIpc) is 2.99. The van der Waals surface area contributed by atoms with Crippen molar-refractivity contribution in [1.82, 2.24) is 15.8 Å². The number of H-pyrrole nitrogens is 1. The SMILES string of the molecule is CCOC(=O)c1c(C)[nH]c(C(=O)NNC(=O)C2COc3ccccc3O2)c1C. The number of amides is 2. The summed E-state index contributed by atoms with van der Waals surface area (Å²) in [5.41, 5.74) is 6.04. The molecular weight excluding hydrogens is 366 g/mol. The van der Waals surface area contributed by atoms with Crippen LogP contribution in [0.25, 0.3) is 0 Å². The number of hydrogen-bond donors (Lipinski definition) is 3. The Morgan fingerprint density at radius 1 is 1.18 bits per heavy atom. The van der Waals surface area contributed by atoms with E-state index in [1.807, 2.05) is 0 Å². The first kappa shape index (κ1) is 19.3. The van der Waals surface area contributed by atoms with Gasteiger partial charge in [-0.1, -0.05) is 12.1 Å². The molecule has 0 aliphatic carbocycles. The van der Waals surface area contributed by atoms with E-state index in [1.54, 1.807) is 45.0 Å². The molecule has 1 aliphatic heterocycles. The second-order valence-corrected chi connectivity index (χ2v) is 6.15. The van der Waals surface area contributed by atoms with Crippen molar-refractivity contribution in [1.29, 1.82) is 0 Å². The summed E-state index contributed by atoms with van der Waals surface area (Å²) in [5, 5.41) is 0. The number of benzene rings is 1. The summed E-state index contributed by atoms with van der Waals surface area (Å²) in [6, 6.07) is 6.99. The predicted octanol–water partition coefficient (Wildman–Crippen LogP) is 1.41. The zero-order valence-corrected chi connectivity index (χ0v) is 15.8. The number of nitrogens with one attached hydrogen (secondary N) is 3. The van der Waals surface area contributed by atoms with Gasteiger partial charge in [0.1, 0.15) is 12.3 Å².